The number of rotatable bonds is 2. The topological polar surface area (TPSA) is 15.7 Å². The number of ether oxygens (including phenoxy) is 1. The number of piperazine rings is 1. The van der Waals surface area contributed by atoms with Crippen molar-refractivity contribution in [2.75, 3.05) is 39.4 Å². The van der Waals surface area contributed by atoms with Gasteiger partial charge in [0.25, 0.3) is 0 Å². The SMILES string of the molecule is CC1CN2CCCC2CN1CC1CCCOC1. The maximum atomic E-state index is 5.61. The van der Waals surface area contributed by atoms with E-state index in [4.69, 9.17) is 4.74 Å². The van der Waals surface area contributed by atoms with Gasteiger partial charge in [-0.05, 0) is 45.1 Å². The van der Waals surface area contributed by atoms with Crippen LogP contribution in [0.25, 0.3) is 0 Å². The first-order valence-corrected chi connectivity index (χ1v) is 7.39. The first kappa shape index (κ1) is 11.9. The van der Waals surface area contributed by atoms with Crippen LogP contribution in [0.15, 0.2) is 0 Å². The standard InChI is InChI=1S/C14H26N2O/c1-12-8-15-6-2-5-14(15)10-16(12)9-13-4-3-7-17-11-13/h12-14H,2-11H2,1H3. The molecule has 3 unspecified atom stereocenters. The lowest BCUT2D eigenvalue weighted by atomic mass is 9.99. The van der Waals surface area contributed by atoms with Crippen LogP contribution in [0.5, 0.6) is 0 Å². The van der Waals surface area contributed by atoms with E-state index in [-0.39, 0.29) is 0 Å². The predicted molar refractivity (Wildman–Crippen MR) is 69.2 cm³/mol. The van der Waals surface area contributed by atoms with Crippen LogP contribution in [0.1, 0.15) is 32.6 Å². The number of hydrogen-bond acceptors (Lipinski definition) is 3. The molecule has 3 atom stereocenters. The van der Waals surface area contributed by atoms with Gasteiger partial charge in [0.15, 0.2) is 0 Å². The summed E-state index contributed by atoms with van der Waals surface area (Å²) in [6.07, 6.45) is 5.47. The van der Waals surface area contributed by atoms with E-state index < -0.39 is 0 Å². The van der Waals surface area contributed by atoms with Gasteiger partial charge in [-0.25, -0.2) is 0 Å². The number of fused-ring (bicyclic) bond motifs is 1. The fraction of sp³-hybridized carbons (Fsp3) is 1.00. The Kier molecular flexibility index (Phi) is 3.69. The van der Waals surface area contributed by atoms with E-state index in [0.717, 1.165) is 31.2 Å². The molecule has 3 saturated heterocycles. The summed E-state index contributed by atoms with van der Waals surface area (Å²) in [6, 6.07) is 1.60. The van der Waals surface area contributed by atoms with Crippen LogP contribution >= 0.6 is 0 Å². The van der Waals surface area contributed by atoms with Crippen molar-refractivity contribution in [1.82, 2.24) is 9.80 Å². The first-order chi connectivity index (χ1) is 8.33. The molecule has 3 fully saturated rings. The van der Waals surface area contributed by atoms with Gasteiger partial charge in [0.2, 0.25) is 0 Å². The second-order valence-electron chi connectivity index (χ2n) is 6.18. The van der Waals surface area contributed by atoms with Crippen LogP contribution < -0.4 is 0 Å². The molecule has 0 aromatic heterocycles. The number of hydrogen-bond donors (Lipinski definition) is 0. The van der Waals surface area contributed by atoms with Gasteiger partial charge >= 0.3 is 0 Å². The summed E-state index contributed by atoms with van der Waals surface area (Å²) in [4.78, 5) is 5.43. The summed E-state index contributed by atoms with van der Waals surface area (Å²) < 4.78 is 5.61. The summed E-state index contributed by atoms with van der Waals surface area (Å²) in [5.41, 5.74) is 0. The monoisotopic (exact) mass is 238 g/mol. The van der Waals surface area contributed by atoms with Crippen LogP contribution in [-0.4, -0.2) is 61.3 Å². The highest BCUT2D eigenvalue weighted by molar-refractivity contribution is 4.91. The van der Waals surface area contributed by atoms with E-state index in [1.807, 2.05) is 0 Å². The van der Waals surface area contributed by atoms with Gasteiger partial charge in [0.05, 0.1) is 6.61 Å². The Morgan fingerprint density at radius 3 is 2.94 bits per heavy atom. The predicted octanol–water partition coefficient (Wildman–Crippen LogP) is 1.58. The van der Waals surface area contributed by atoms with Crippen LogP contribution in [0, 0.1) is 5.92 Å². The lowest BCUT2D eigenvalue weighted by Gasteiger charge is -2.44. The lowest BCUT2D eigenvalue weighted by molar-refractivity contribution is 0.00495. The molecule has 98 valence electrons. The molecule has 0 bridgehead atoms. The summed E-state index contributed by atoms with van der Waals surface area (Å²) in [5.74, 6) is 0.791. The van der Waals surface area contributed by atoms with E-state index in [1.54, 1.807) is 0 Å². The Morgan fingerprint density at radius 1 is 1.18 bits per heavy atom. The molecule has 0 spiro atoms. The molecule has 0 aromatic carbocycles. The highest BCUT2D eigenvalue weighted by Gasteiger charge is 2.35. The molecule has 0 saturated carbocycles. The Labute approximate surface area is 105 Å². The minimum absolute atomic E-state index is 0.742. The number of nitrogens with zero attached hydrogens (tertiary/aromatic N) is 2. The van der Waals surface area contributed by atoms with Crippen molar-refractivity contribution in [3.05, 3.63) is 0 Å². The molecule has 3 aliphatic rings. The smallest absolute Gasteiger partial charge is 0.0506 e. The zero-order valence-corrected chi connectivity index (χ0v) is 11.1. The highest BCUT2D eigenvalue weighted by Crippen LogP contribution is 2.26. The maximum Gasteiger partial charge on any atom is 0.0506 e. The van der Waals surface area contributed by atoms with Crippen LogP contribution in [0.2, 0.25) is 0 Å². The minimum Gasteiger partial charge on any atom is -0.381 e. The molecular formula is C14H26N2O. The van der Waals surface area contributed by atoms with Crippen molar-refractivity contribution in [3.63, 3.8) is 0 Å². The van der Waals surface area contributed by atoms with Gasteiger partial charge in [-0.3, -0.25) is 9.80 Å². The van der Waals surface area contributed by atoms with Gasteiger partial charge < -0.3 is 4.74 Å². The van der Waals surface area contributed by atoms with Gasteiger partial charge in [-0.2, -0.15) is 0 Å². The summed E-state index contributed by atoms with van der Waals surface area (Å²) in [7, 11) is 0. The zero-order valence-electron chi connectivity index (χ0n) is 11.1. The van der Waals surface area contributed by atoms with Crippen molar-refractivity contribution in [3.8, 4) is 0 Å². The highest BCUT2D eigenvalue weighted by atomic mass is 16.5. The van der Waals surface area contributed by atoms with Gasteiger partial charge in [-0.15, -0.1) is 0 Å². The van der Waals surface area contributed by atoms with Crippen molar-refractivity contribution in [2.24, 2.45) is 5.92 Å². The first-order valence-electron chi connectivity index (χ1n) is 7.39. The van der Waals surface area contributed by atoms with Gasteiger partial charge in [-0.1, -0.05) is 0 Å². The normalized spacial score (nSPS) is 40.4. The van der Waals surface area contributed by atoms with Crippen molar-refractivity contribution in [2.45, 2.75) is 44.7 Å². The maximum absolute atomic E-state index is 5.61. The summed E-state index contributed by atoms with van der Waals surface area (Å²) >= 11 is 0. The third kappa shape index (κ3) is 2.67. The van der Waals surface area contributed by atoms with Crippen LogP contribution in [0.3, 0.4) is 0 Å². The third-order valence-electron chi connectivity index (χ3n) is 4.81. The Balaban J connectivity index is 1.55. The molecule has 3 nitrogen and oxygen atoms in total. The Morgan fingerprint density at radius 2 is 2.12 bits per heavy atom. The molecule has 0 radical (unpaired) electrons. The minimum atomic E-state index is 0.742. The molecule has 0 aromatic rings. The molecule has 0 N–H and O–H groups in total. The average Bonchev–Trinajstić information content (AvgIpc) is 2.78. The van der Waals surface area contributed by atoms with Crippen molar-refractivity contribution < 1.29 is 4.74 Å². The zero-order chi connectivity index (χ0) is 11.7. The second-order valence-corrected chi connectivity index (χ2v) is 6.18. The summed E-state index contributed by atoms with van der Waals surface area (Å²) in [6.45, 7) is 9.59. The third-order valence-corrected chi connectivity index (χ3v) is 4.81. The van der Waals surface area contributed by atoms with E-state index in [9.17, 15) is 0 Å². The summed E-state index contributed by atoms with van der Waals surface area (Å²) in [5, 5.41) is 0. The van der Waals surface area contributed by atoms with Crippen LogP contribution in [0.4, 0.5) is 0 Å². The molecule has 3 heteroatoms. The van der Waals surface area contributed by atoms with Crippen LogP contribution in [-0.2, 0) is 4.74 Å². The molecule has 0 aliphatic carbocycles. The van der Waals surface area contributed by atoms with Crippen molar-refractivity contribution >= 4 is 0 Å². The van der Waals surface area contributed by atoms with Gasteiger partial charge in [0, 0.05) is 38.3 Å². The Hall–Kier alpha value is -0.120. The van der Waals surface area contributed by atoms with Gasteiger partial charge in [0.1, 0.15) is 0 Å². The molecule has 0 amide bonds. The average molecular weight is 238 g/mol. The molecule has 3 aliphatic heterocycles. The van der Waals surface area contributed by atoms with E-state index in [2.05, 4.69) is 16.7 Å². The quantitative estimate of drug-likeness (QED) is 0.726. The van der Waals surface area contributed by atoms with E-state index in [1.165, 1.54) is 51.9 Å². The second kappa shape index (κ2) is 5.25. The molecule has 3 heterocycles. The molecule has 3 rings (SSSR count). The van der Waals surface area contributed by atoms with E-state index >= 15 is 0 Å². The fourth-order valence-corrected chi connectivity index (χ4v) is 3.79. The van der Waals surface area contributed by atoms with Crippen molar-refractivity contribution in [1.29, 1.82) is 0 Å². The molecule has 17 heavy (non-hydrogen) atoms. The lowest BCUT2D eigenvalue weighted by Crippen LogP contribution is -2.56. The van der Waals surface area contributed by atoms with E-state index in [0.29, 0.717) is 0 Å². The fourth-order valence-electron chi connectivity index (χ4n) is 3.79. The Bertz CT molecular complexity index is 253. The molecular weight excluding hydrogens is 212 g/mol. The largest absolute Gasteiger partial charge is 0.381 e.